The molecule has 0 aliphatic carbocycles. The van der Waals surface area contributed by atoms with E-state index in [9.17, 15) is 13.6 Å². The Labute approximate surface area is 190 Å². The molecule has 1 saturated heterocycles. The van der Waals surface area contributed by atoms with Gasteiger partial charge in [-0.15, -0.1) is 0 Å². The molecule has 0 saturated carbocycles. The minimum Gasteiger partial charge on any atom is -0.380 e. The van der Waals surface area contributed by atoms with Gasteiger partial charge in [0.05, 0.1) is 37.2 Å². The molecule has 1 aliphatic heterocycles. The Bertz CT molecular complexity index is 1160. The molecule has 0 amide bonds. The van der Waals surface area contributed by atoms with Gasteiger partial charge in [0, 0.05) is 44.9 Å². The van der Waals surface area contributed by atoms with Crippen LogP contribution in [0.2, 0.25) is 0 Å². The number of hydrogen-bond acceptors (Lipinski definition) is 7. The number of benzene rings is 1. The van der Waals surface area contributed by atoms with Crippen LogP contribution in [0.25, 0.3) is 22.3 Å². The number of aromatic nitrogens is 3. The van der Waals surface area contributed by atoms with Gasteiger partial charge in [-0.1, -0.05) is 0 Å². The summed E-state index contributed by atoms with van der Waals surface area (Å²) in [5.41, 5.74) is 1.62. The summed E-state index contributed by atoms with van der Waals surface area (Å²) >= 11 is 0. The van der Waals surface area contributed by atoms with Crippen molar-refractivity contribution in [3.63, 3.8) is 0 Å². The van der Waals surface area contributed by atoms with Crippen LogP contribution in [0.3, 0.4) is 0 Å². The first kappa shape index (κ1) is 23.2. The number of ether oxygens (including phenoxy) is 2. The number of morpholine rings is 1. The van der Waals surface area contributed by atoms with E-state index in [1.807, 2.05) is 6.92 Å². The molecule has 0 radical (unpaired) electrons. The second kappa shape index (κ2) is 10.8. The highest BCUT2D eigenvalue weighted by Crippen LogP contribution is 2.23. The van der Waals surface area contributed by atoms with Crippen LogP contribution in [0, 0.1) is 11.6 Å². The van der Waals surface area contributed by atoms with E-state index in [0.29, 0.717) is 61.8 Å². The normalized spacial score (nSPS) is 14.6. The first-order valence-corrected chi connectivity index (χ1v) is 11.0. The molecule has 8 nitrogen and oxygen atoms in total. The van der Waals surface area contributed by atoms with Gasteiger partial charge in [-0.2, -0.15) is 0 Å². The van der Waals surface area contributed by atoms with E-state index in [1.54, 1.807) is 10.6 Å². The average Bonchev–Trinajstić information content (AvgIpc) is 2.83. The van der Waals surface area contributed by atoms with Crippen molar-refractivity contribution in [2.24, 2.45) is 0 Å². The highest BCUT2D eigenvalue weighted by atomic mass is 19.2. The van der Waals surface area contributed by atoms with E-state index in [0.717, 1.165) is 31.8 Å². The van der Waals surface area contributed by atoms with Gasteiger partial charge in [-0.05, 0) is 31.2 Å². The van der Waals surface area contributed by atoms with Gasteiger partial charge in [0.15, 0.2) is 17.5 Å². The van der Waals surface area contributed by atoms with Gasteiger partial charge in [-0.25, -0.2) is 13.8 Å². The molecule has 1 N–H and O–H groups in total. The second-order valence-electron chi connectivity index (χ2n) is 7.68. The van der Waals surface area contributed by atoms with Crippen LogP contribution in [0.4, 0.5) is 14.6 Å². The van der Waals surface area contributed by atoms with Crippen molar-refractivity contribution in [1.29, 1.82) is 0 Å². The second-order valence-corrected chi connectivity index (χ2v) is 7.68. The molecular weight excluding hydrogens is 432 g/mol. The summed E-state index contributed by atoms with van der Waals surface area (Å²) in [6.45, 7) is 7.59. The Morgan fingerprint density at radius 2 is 1.97 bits per heavy atom. The lowest BCUT2D eigenvalue weighted by molar-refractivity contribution is 0.0398. The Balaban J connectivity index is 1.64. The van der Waals surface area contributed by atoms with Crippen LogP contribution in [-0.2, 0) is 16.0 Å². The average molecular weight is 459 g/mol. The number of hydrogen-bond donors (Lipinski definition) is 1. The van der Waals surface area contributed by atoms with Crippen molar-refractivity contribution in [2.75, 3.05) is 57.9 Å². The Kier molecular flexibility index (Phi) is 7.58. The number of halogens is 2. The van der Waals surface area contributed by atoms with Gasteiger partial charge in [0.2, 0.25) is 0 Å². The number of nitrogens with one attached hydrogen (secondary N) is 1. The van der Waals surface area contributed by atoms with Gasteiger partial charge in [0.25, 0.3) is 5.56 Å². The third-order valence-corrected chi connectivity index (χ3v) is 5.54. The summed E-state index contributed by atoms with van der Waals surface area (Å²) < 4.78 is 39.5. The molecule has 0 bridgehead atoms. The van der Waals surface area contributed by atoms with Gasteiger partial charge < -0.3 is 19.4 Å². The monoisotopic (exact) mass is 459 g/mol. The van der Waals surface area contributed by atoms with Crippen LogP contribution < -0.4 is 10.9 Å². The lowest BCUT2D eigenvalue weighted by Crippen LogP contribution is -2.39. The van der Waals surface area contributed by atoms with Crippen LogP contribution in [0.15, 0.2) is 35.3 Å². The van der Waals surface area contributed by atoms with Crippen LogP contribution in [-0.4, -0.2) is 72.0 Å². The van der Waals surface area contributed by atoms with E-state index in [-0.39, 0.29) is 11.4 Å². The lowest BCUT2D eigenvalue weighted by Gasteiger charge is -2.26. The smallest absolute Gasteiger partial charge is 0.293 e. The molecule has 1 aromatic carbocycles. The fraction of sp³-hybridized carbons (Fsp3) is 0.435. The minimum absolute atomic E-state index is 0.245. The molecular formula is C23H27F2N5O3. The topological polar surface area (TPSA) is 81.5 Å². The van der Waals surface area contributed by atoms with Crippen molar-refractivity contribution in [3.05, 3.63) is 52.5 Å². The van der Waals surface area contributed by atoms with E-state index in [2.05, 4.69) is 20.2 Å². The molecule has 4 rings (SSSR count). The lowest BCUT2D eigenvalue weighted by atomic mass is 10.1. The highest BCUT2D eigenvalue weighted by Gasteiger charge is 2.15. The zero-order valence-electron chi connectivity index (χ0n) is 18.5. The molecule has 3 aromatic rings. The predicted molar refractivity (Wildman–Crippen MR) is 121 cm³/mol. The molecule has 0 unspecified atom stereocenters. The van der Waals surface area contributed by atoms with Gasteiger partial charge >= 0.3 is 0 Å². The van der Waals surface area contributed by atoms with Gasteiger partial charge in [0.1, 0.15) is 5.52 Å². The number of pyridine rings is 1. The first-order valence-electron chi connectivity index (χ1n) is 11.0. The maximum atomic E-state index is 13.7. The summed E-state index contributed by atoms with van der Waals surface area (Å²) in [6.07, 6.45) is 1.54. The van der Waals surface area contributed by atoms with E-state index < -0.39 is 11.6 Å². The van der Waals surface area contributed by atoms with Crippen molar-refractivity contribution in [3.8, 4) is 11.3 Å². The predicted octanol–water partition coefficient (Wildman–Crippen LogP) is 2.52. The molecule has 1 aliphatic rings. The summed E-state index contributed by atoms with van der Waals surface area (Å²) in [5.74, 6) is -1.64. The number of rotatable bonds is 9. The Morgan fingerprint density at radius 1 is 1.15 bits per heavy atom. The number of nitrogens with zero attached hydrogens (tertiary/aromatic N) is 4. The summed E-state index contributed by atoms with van der Waals surface area (Å²) in [6, 6.07) is 5.25. The highest BCUT2D eigenvalue weighted by molar-refractivity contribution is 5.80. The van der Waals surface area contributed by atoms with Crippen LogP contribution >= 0.6 is 0 Å². The maximum absolute atomic E-state index is 13.7. The molecule has 3 heterocycles. The van der Waals surface area contributed by atoms with Crippen molar-refractivity contribution in [2.45, 2.75) is 13.5 Å². The third-order valence-electron chi connectivity index (χ3n) is 5.54. The molecule has 0 spiro atoms. The first-order chi connectivity index (χ1) is 16.1. The number of fused-ring (bicyclic) bond motifs is 1. The SMILES string of the molecule is CCOCCn1c(=O)c(NCCN2CCOCC2)nc2cnc(-c3ccc(F)c(F)c3)cc21. The van der Waals surface area contributed by atoms with E-state index in [1.165, 1.54) is 12.3 Å². The molecule has 33 heavy (non-hydrogen) atoms. The minimum atomic E-state index is -0.957. The largest absolute Gasteiger partial charge is 0.380 e. The van der Waals surface area contributed by atoms with Crippen molar-refractivity contribution in [1.82, 2.24) is 19.4 Å². The zero-order chi connectivity index (χ0) is 23.2. The molecule has 2 aromatic heterocycles. The van der Waals surface area contributed by atoms with Crippen LogP contribution in [0.5, 0.6) is 0 Å². The van der Waals surface area contributed by atoms with E-state index >= 15 is 0 Å². The maximum Gasteiger partial charge on any atom is 0.293 e. The Morgan fingerprint density at radius 3 is 2.73 bits per heavy atom. The fourth-order valence-electron chi connectivity index (χ4n) is 3.75. The molecule has 0 atom stereocenters. The Hall–Kier alpha value is -2.95. The summed E-state index contributed by atoms with van der Waals surface area (Å²) in [7, 11) is 0. The quantitative estimate of drug-likeness (QED) is 0.493. The molecule has 1 fully saturated rings. The van der Waals surface area contributed by atoms with Crippen molar-refractivity contribution < 1.29 is 18.3 Å². The standard InChI is InChI=1S/C23H27F2N5O3/c1-2-32-12-9-30-21-14-19(16-3-4-17(24)18(25)13-16)27-15-20(21)28-22(23(30)31)26-5-6-29-7-10-33-11-8-29/h3-4,13-15H,2,5-12H2,1H3,(H,26,28). The molecule has 176 valence electrons. The zero-order valence-corrected chi connectivity index (χ0v) is 18.5. The fourth-order valence-corrected chi connectivity index (χ4v) is 3.75. The third kappa shape index (κ3) is 5.52. The van der Waals surface area contributed by atoms with E-state index in [4.69, 9.17) is 9.47 Å². The van der Waals surface area contributed by atoms with Gasteiger partial charge in [-0.3, -0.25) is 14.7 Å². The summed E-state index contributed by atoms with van der Waals surface area (Å²) in [4.78, 5) is 24.3. The summed E-state index contributed by atoms with van der Waals surface area (Å²) in [5, 5.41) is 3.16. The van der Waals surface area contributed by atoms with Crippen molar-refractivity contribution >= 4 is 16.9 Å². The number of anilines is 1. The van der Waals surface area contributed by atoms with Crippen LogP contribution in [0.1, 0.15) is 6.92 Å². The molecule has 10 heteroatoms.